The highest BCUT2D eigenvalue weighted by Gasteiger charge is 2.06. The largest absolute Gasteiger partial charge is 0.493 e. The molecule has 0 aromatic heterocycles. The van der Waals surface area contributed by atoms with E-state index in [9.17, 15) is 0 Å². The van der Waals surface area contributed by atoms with E-state index < -0.39 is 0 Å². The van der Waals surface area contributed by atoms with Crippen LogP contribution in [0.2, 0.25) is 0 Å². The van der Waals surface area contributed by atoms with Gasteiger partial charge in [-0.1, -0.05) is 30.3 Å². The second-order valence-electron chi connectivity index (χ2n) is 6.16. The lowest BCUT2D eigenvalue weighted by atomic mass is 10.2. The second kappa shape index (κ2) is 12.6. The molecule has 0 aliphatic rings. The summed E-state index contributed by atoms with van der Waals surface area (Å²) < 4.78 is 16.3. The van der Waals surface area contributed by atoms with E-state index in [1.807, 2.05) is 31.2 Å². The first-order chi connectivity index (χ1) is 13.8. The molecule has 6 heteroatoms. The molecule has 28 heavy (non-hydrogen) atoms. The Kier molecular flexibility index (Phi) is 9.72. The van der Waals surface area contributed by atoms with Gasteiger partial charge in [-0.3, -0.25) is 4.99 Å². The molecule has 0 radical (unpaired) electrons. The molecular formula is C22H31N3O3. The number of nitrogens with zero attached hydrogens (tertiary/aromatic N) is 1. The maximum atomic E-state index is 5.71. The lowest BCUT2D eigenvalue weighted by molar-refractivity contribution is 0.136. The number of guanidine groups is 1. The topological polar surface area (TPSA) is 64.1 Å². The van der Waals surface area contributed by atoms with Crippen molar-refractivity contribution >= 4 is 11.6 Å². The summed E-state index contributed by atoms with van der Waals surface area (Å²) in [7, 11) is 3.25. The molecule has 0 unspecified atom stereocenters. The van der Waals surface area contributed by atoms with Gasteiger partial charge in [0.25, 0.3) is 0 Å². The molecule has 2 rings (SSSR count). The van der Waals surface area contributed by atoms with Crippen LogP contribution in [-0.4, -0.2) is 46.5 Å². The van der Waals surface area contributed by atoms with Crippen molar-refractivity contribution in [1.82, 2.24) is 5.32 Å². The van der Waals surface area contributed by atoms with E-state index in [0.29, 0.717) is 24.7 Å². The third-order valence-corrected chi connectivity index (χ3v) is 4.09. The fourth-order valence-electron chi connectivity index (χ4n) is 2.65. The Morgan fingerprint density at radius 2 is 1.75 bits per heavy atom. The Morgan fingerprint density at radius 1 is 0.964 bits per heavy atom. The summed E-state index contributed by atoms with van der Waals surface area (Å²) in [6.45, 7) is 4.95. The maximum Gasteiger partial charge on any atom is 0.195 e. The first-order valence-electron chi connectivity index (χ1n) is 9.65. The molecule has 152 valence electrons. The standard InChI is InChI=1S/C22H31N3O3/c1-4-23-22(25-19-11-12-20(26-2)21(17-19)27-3)24-14-8-15-28-16-13-18-9-6-5-7-10-18/h5-7,9-12,17H,4,8,13-16H2,1-3H3,(H2,23,24,25). The molecule has 0 aliphatic heterocycles. The lowest BCUT2D eigenvalue weighted by Crippen LogP contribution is -2.30. The quantitative estimate of drug-likeness (QED) is 0.351. The fourth-order valence-corrected chi connectivity index (χ4v) is 2.65. The number of hydrogen-bond donors (Lipinski definition) is 2. The summed E-state index contributed by atoms with van der Waals surface area (Å²) >= 11 is 0. The Morgan fingerprint density at radius 3 is 2.46 bits per heavy atom. The van der Waals surface area contributed by atoms with Gasteiger partial charge in [0.15, 0.2) is 17.5 Å². The van der Waals surface area contributed by atoms with E-state index in [1.165, 1.54) is 5.56 Å². The van der Waals surface area contributed by atoms with Crippen LogP contribution in [-0.2, 0) is 11.2 Å². The van der Waals surface area contributed by atoms with Crippen LogP contribution < -0.4 is 20.1 Å². The van der Waals surface area contributed by atoms with Gasteiger partial charge >= 0.3 is 0 Å². The lowest BCUT2D eigenvalue weighted by Gasteiger charge is -2.13. The van der Waals surface area contributed by atoms with Gasteiger partial charge in [-0.2, -0.15) is 0 Å². The smallest absolute Gasteiger partial charge is 0.195 e. The molecule has 0 bridgehead atoms. The Hall–Kier alpha value is -2.73. The highest BCUT2D eigenvalue weighted by molar-refractivity contribution is 5.93. The second-order valence-corrected chi connectivity index (χ2v) is 6.16. The van der Waals surface area contributed by atoms with Gasteiger partial charge in [0.05, 0.1) is 20.8 Å². The average molecular weight is 386 g/mol. The number of nitrogens with one attached hydrogen (secondary N) is 2. The maximum absolute atomic E-state index is 5.71. The third-order valence-electron chi connectivity index (χ3n) is 4.09. The van der Waals surface area contributed by atoms with Crippen molar-refractivity contribution < 1.29 is 14.2 Å². The number of rotatable bonds is 11. The summed E-state index contributed by atoms with van der Waals surface area (Å²) in [6.07, 6.45) is 1.81. The van der Waals surface area contributed by atoms with Gasteiger partial charge in [0.1, 0.15) is 0 Å². The molecule has 0 fully saturated rings. The first kappa shape index (κ1) is 21.6. The van der Waals surface area contributed by atoms with Crippen LogP contribution in [0.3, 0.4) is 0 Å². The molecule has 2 aromatic carbocycles. The molecule has 0 amide bonds. The predicted molar refractivity (Wildman–Crippen MR) is 115 cm³/mol. The van der Waals surface area contributed by atoms with Crippen molar-refractivity contribution in [3.63, 3.8) is 0 Å². The zero-order valence-electron chi connectivity index (χ0n) is 17.0. The zero-order chi connectivity index (χ0) is 20.0. The minimum atomic E-state index is 0.676. The van der Waals surface area contributed by atoms with Crippen LogP contribution in [0.4, 0.5) is 5.69 Å². The number of ether oxygens (including phenoxy) is 3. The minimum absolute atomic E-state index is 0.676. The average Bonchev–Trinajstić information content (AvgIpc) is 2.73. The molecule has 0 aliphatic carbocycles. The molecule has 2 aromatic rings. The molecular weight excluding hydrogens is 354 g/mol. The molecule has 0 atom stereocenters. The van der Waals surface area contributed by atoms with E-state index in [4.69, 9.17) is 14.2 Å². The van der Waals surface area contributed by atoms with Gasteiger partial charge in [-0.25, -0.2) is 0 Å². The molecule has 0 heterocycles. The van der Waals surface area contributed by atoms with Crippen LogP contribution >= 0.6 is 0 Å². The Bertz CT molecular complexity index is 720. The molecule has 0 saturated carbocycles. The third kappa shape index (κ3) is 7.48. The van der Waals surface area contributed by atoms with Crippen molar-refractivity contribution in [2.75, 3.05) is 45.8 Å². The highest BCUT2D eigenvalue weighted by Crippen LogP contribution is 2.29. The zero-order valence-corrected chi connectivity index (χ0v) is 17.0. The van der Waals surface area contributed by atoms with Crippen molar-refractivity contribution in [3.8, 4) is 11.5 Å². The van der Waals surface area contributed by atoms with Crippen LogP contribution in [0.25, 0.3) is 0 Å². The van der Waals surface area contributed by atoms with Gasteiger partial charge in [0.2, 0.25) is 0 Å². The minimum Gasteiger partial charge on any atom is -0.493 e. The Labute approximate surface area is 167 Å². The van der Waals surface area contributed by atoms with Crippen molar-refractivity contribution in [1.29, 1.82) is 0 Å². The van der Waals surface area contributed by atoms with Crippen LogP contribution in [0, 0.1) is 0 Å². The monoisotopic (exact) mass is 385 g/mol. The molecule has 2 N–H and O–H groups in total. The number of anilines is 1. The van der Waals surface area contributed by atoms with Crippen LogP contribution in [0.1, 0.15) is 18.9 Å². The van der Waals surface area contributed by atoms with Gasteiger partial charge in [-0.15, -0.1) is 0 Å². The van der Waals surface area contributed by atoms with Gasteiger partial charge in [-0.05, 0) is 37.5 Å². The highest BCUT2D eigenvalue weighted by atomic mass is 16.5. The molecule has 0 saturated heterocycles. The number of benzene rings is 2. The van der Waals surface area contributed by atoms with E-state index in [0.717, 1.165) is 37.6 Å². The van der Waals surface area contributed by atoms with Gasteiger partial charge in [0, 0.05) is 31.5 Å². The van der Waals surface area contributed by atoms with E-state index >= 15 is 0 Å². The number of methoxy groups -OCH3 is 2. The fraction of sp³-hybridized carbons (Fsp3) is 0.409. The van der Waals surface area contributed by atoms with Crippen molar-refractivity contribution in [3.05, 3.63) is 54.1 Å². The first-order valence-corrected chi connectivity index (χ1v) is 9.65. The molecule has 0 spiro atoms. The summed E-state index contributed by atoms with van der Waals surface area (Å²) in [5.41, 5.74) is 2.19. The van der Waals surface area contributed by atoms with Crippen LogP contribution in [0.5, 0.6) is 11.5 Å². The Balaban J connectivity index is 1.75. The normalized spacial score (nSPS) is 11.2. The van der Waals surface area contributed by atoms with Crippen LogP contribution in [0.15, 0.2) is 53.5 Å². The summed E-state index contributed by atoms with van der Waals surface area (Å²) in [5.74, 6) is 2.11. The summed E-state index contributed by atoms with van der Waals surface area (Å²) in [5, 5.41) is 6.54. The van der Waals surface area contributed by atoms with Gasteiger partial charge < -0.3 is 24.8 Å². The predicted octanol–water partition coefficient (Wildman–Crippen LogP) is 3.73. The summed E-state index contributed by atoms with van der Waals surface area (Å²) in [6, 6.07) is 16.1. The van der Waals surface area contributed by atoms with E-state index in [1.54, 1.807) is 14.2 Å². The summed E-state index contributed by atoms with van der Waals surface area (Å²) in [4.78, 5) is 4.60. The molecule has 6 nitrogen and oxygen atoms in total. The number of hydrogen-bond acceptors (Lipinski definition) is 4. The van der Waals surface area contributed by atoms with E-state index in [-0.39, 0.29) is 0 Å². The van der Waals surface area contributed by atoms with Crippen molar-refractivity contribution in [2.24, 2.45) is 4.99 Å². The SMILES string of the molecule is CCNC(=NCCCOCCc1ccccc1)Nc1ccc(OC)c(OC)c1. The van der Waals surface area contributed by atoms with E-state index in [2.05, 4.69) is 39.9 Å². The number of aliphatic imine (C=N–C) groups is 1. The van der Waals surface area contributed by atoms with Crippen molar-refractivity contribution in [2.45, 2.75) is 19.8 Å².